The van der Waals surface area contributed by atoms with Gasteiger partial charge in [0.05, 0.1) is 18.6 Å². The molecule has 1 unspecified atom stereocenters. The molecule has 1 aliphatic rings. The van der Waals surface area contributed by atoms with E-state index in [0.717, 1.165) is 4.57 Å². The van der Waals surface area contributed by atoms with Gasteiger partial charge < -0.3 is 26.7 Å². The van der Waals surface area contributed by atoms with Crippen LogP contribution in [0.2, 0.25) is 0 Å². The molecular formula is C27H19CmF7N4O2-4. The quantitative estimate of drug-likeness (QED) is 0.224. The molecule has 4 aromatic rings. The van der Waals surface area contributed by atoms with Crippen LogP contribution in [0.15, 0.2) is 42.5 Å². The van der Waals surface area contributed by atoms with Gasteiger partial charge in [0.1, 0.15) is 0 Å². The minimum absolute atomic E-state index is 0. The summed E-state index contributed by atoms with van der Waals surface area (Å²) in [5.41, 5.74) is 0.0991. The van der Waals surface area contributed by atoms with Crippen LogP contribution < -0.4 is 10.9 Å². The molecule has 0 radical (unpaired) electrons. The van der Waals surface area contributed by atoms with Crippen LogP contribution in [0.5, 0.6) is 0 Å². The predicted octanol–water partition coefficient (Wildman–Crippen LogP) is 5.05. The smallest absolute Gasteiger partial charge is 0.376 e. The number of hydrogen-bond donors (Lipinski definition) is 2. The van der Waals surface area contributed by atoms with E-state index < -0.39 is 53.9 Å². The molecular weight excluding hydrogens is 792 g/mol. The Balaban J connectivity index is 0.000000336. The van der Waals surface area contributed by atoms with E-state index in [1.165, 1.54) is 35.1 Å². The van der Waals surface area contributed by atoms with Crippen LogP contribution in [0.4, 0.5) is 30.7 Å². The minimum Gasteiger partial charge on any atom is -0.376 e. The Kier molecular flexibility index (Phi) is 9.12. The average Bonchev–Trinajstić information content (AvgIpc) is 3.32. The number of halogens is 7. The van der Waals surface area contributed by atoms with E-state index in [1.54, 1.807) is 7.05 Å². The molecule has 1 amide bonds. The summed E-state index contributed by atoms with van der Waals surface area (Å²) >= 11 is 0. The number of benzene rings is 3. The number of hydrogen-bond acceptors (Lipinski definition) is 3. The van der Waals surface area contributed by atoms with Crippen molar-refractivity contribution in [2.24, 2.45) is 7.05 Å². The molecule has 1 aliphatic heterocycles. The molecule has 5 rings (SSSR count). The maximum absolute atomic E-state index is 13.5. The number of aryl methyl sites for hydroxylation is 1. The van der Waals surface area contributed by atoms with E-state index in [9.17, 15) is 40.3 Å². The molecule has 0 saturated heterocycles. The summed E-state index contributed by atoms with van der Waals surface area (Å²) in [4.78, 5) is 22.6. The zero-order valence-corrected chi connectivity index (χ0v) is 24.1. The summed E-state index contributed by atoms with van der Waals surface area (Å²) in [7, 11) is 1.54. The van der Waals surface area contributed by atoms with Gasteiger partial charge in [0.2, 0.25) is 0 Å². The molecule has 0 saturated carbocycles. The van der Waals surface area contributed by atoms with E-state index in [1.807, 2.05) is 0 Å². The third kappa shape index (κ3) is 6.10. The molecule has 6 nitrogen and oxygen atoms in total. The molecule has 0 bridgehead atoms. The maximum atomic E-state index is 13.5. The molecule has 0 fully saturated rings. The fourth-order valence-electron chi connectivity index (χ4n) is 4.21. The van der Waals surface area contributed by atoms with E-state index >= 15 is 0 Å². The van der Waals surface area contributed by atoms with Crippen molar-refractivity contribution in [3.63, 3.8) is 0 Å². The summed E-state index contributed by atoms with van der Waals surface area (Å²) < 4.78 is 90.2. The Bertz CT molecular complexity index is 1650. The molecule has 41 heavy (non-hydrogen) atoms. The number of nitrogens with one attached hydrogen (secondary N) is 2. The summed E-state index contributed by atoms with van der Waals surface area (Å²) in [5, 5.41) is 10.8. The van der Waals surface area contributed by atoms with Gasteiger partial charge in [-0.25, -0.2) is 17.6 Å². The maximum Gasteiger partial charge on any atom is 0.405 e. The van der Waals surface area contributed by atoms with Gasteiger partial charge in [0, 0.05) is 24.5 Å². The number of rotatable bonds is 4. The van der Waals surface area contributed by atoms with Crippen molar-refractivity contribution in [3.8, 4) is 0 Å². The van der Waals surface area contributed by atoms with Gasteiger partial charge in [0.25, 0.3) is 6.43 Å². The normalized spacial score (nSPS) is 14.0. The minimum atomic E-state index is -4.65. The number of alkyl halides is 5. The number of carbonyl (C=O) groups excluding carboxylic acids is 2. The monoisotopic (exact) mass is 807 g/mol. The van der Waals surface area contributed by atoms with Crippen molar-refractivity contribution in [1.82, 2.24) is 14.5 Å². The summed E-state index contributed by atoms with van der Waals surface area (Å²) in [6, 6.07) is 12.2. The molecule has 1 aromatic heterocycles. The fraction of sp³-hybridized carbons (Fsp3) is 0.185. The standard InChI is InChI=1S/C18H13F3N4O.C8H3F4O.CH3.Cm/c1-24-16-12(25(18(24)22)8-13(20)21)6-5-11-14(16)17(26)23-15(11)9-3-2-4-10(19)7-9;9-7-2-5(4-13)1-6(3-7)8(10,11)12;;/h2,4,6-7,13,15,22H,8H2,1H3,(H,23,26);1-3H;1H3;/q-2;2*-1;. The second-order valence-corrected chi connectivity index (χ2v) is 8.39. The van der Waals surface area contributed by atoms with E-state index in [2.05, 4.69) is 17.4 Å². The first-order chi connectivity index (χ1) is 18.3. The third-order valence-corrected chi connectivity index (χ3v) is 5.86. The topological polar surface area (TPSA) is 79.9 Å². The van der Waals surface area contributed by atoms with Gasteiger partial charge in [-0.1, -0.05) is 0 Å². The Hall–Kier alpha value is -5.42. The number of aromatic nitrogens is 2. The first kappa shape index (κ1) is 31.8. The van der Waals surface area contributed by atoms with Crippen LogP contribution in [-0.4, -0.2) is 27.8 Å². The summed E-state index contributed by atoms with van der Waals surface area (Å²) in [6.07, 6.45) is -6.09. The van der Waals surface area contributed by atoms with Crippen molar-refractivity contribution in [1.29, 1.82) is 5.41 Å². The Morgan fingerprint density at radius 1 is 1.12 bits per heavy atom. The first-order valence-electron chi connectivity index (χ1n) is 11.0. The molecule has 3 aromatic carbocycles. The zero-order valence-electron chi connectivity index (χ0n) is 21.1. The van der Waals surface area contributed by atoms with E-state index in [-0.39, 0.29) is 18.6 Å². The number of fused-ring (bicyclic) bond motifs is 3. The SMILES string of the molecule is Cn1c(=N)n(CC(F)F)c2c[c-]c3c(c21)C(=O)NC3c1[c-]ccc(F)c1.O=[C-]c1cc(F)cc(C(F)(F)F)c1.[CH3-].[Cm]. The van der Waals surface area contributed by atoms with Gasteiger partial charge in [-0.05, 0) is 22.7 Å². The average molecular weight is 811 g/mol. The molecule has 0 aliphatic carbocycles. The molecule has 2 heterocycles. The van der Waals surface area contributed by atoms with Crippen molar-refractivity contribution < 1.29 is 40.3 Å². The molecule has 0 spiro atoms. The van der Waals surface area contributed by atoms with Gasteiger partial charge in [-0.2, -0.15) is 37.4 Å². The zero-order chi connectivity index (χ0) is 28.6. The first-order valence-corrected chi connectivity index (χ1v) is 11.0. The number of imidazole rings is 1. The number of nitrogens with zero attached hydrogens (tertiary/aromatic N) is 2. The van der Waals surface area contributed by atoms with Crippen LogP contribution in [0, 0.1) is 36.6 Å². The van der Waals surface area contributed by atoms with Crippen molar-refractivity contribution >= 4 is 23.2 Å². The second-order valence-electron chi connectivity index (χ2n) is 8.39. The predicted molar refractivity (Wildman–Crippen MR) is 129 cm³/mol. The third-order valence-electron chi connectivity index (χ3n) is 5.86. The summed E-state index contributed by atoms with van der Waals surface area (Å²) in [5.74, 6) is -1.98. The Labute approximate surface area is 223 Å². The Morgan fingerprint density at radius 2 is 1.80 bits per heavy atom. The van der Waals surface area contributed by atoms with Gasteiger partial charge in [-0.3, -0.25) is 10.2 Å². The second kappa shape index (κ2) is 11.8. The van der Waals surface area contributed by atoms with E-state index in [4.69, 9.17) is 5.41 Å². The van der Waals surface area contributed by atoms with Crippen LogP contribution in [0.3, 0.4) is 0 Å². The molecule has 2 N–H and O–H groups in total. The molecule has 14 heteroatoms. The fourth-order valence-corrected chi connectivity index (χ4v) is 4.21. The van der Waals surface area contributed by atoms with Crippen LogP contribution in [0.25, 0.3) is 11.0 Å². The van der Waals surface area contributed by atoms with Gasteiger partial charge >= 0.3 is 6.18 Å². The van der Waals surface area contributed by atoms with E-state index in [0.29, 0.717) is 40.4 Å². The molecule has 220 valence electrons. The van der Waals surface area contributed by atoms with Gasteiger partial charge in [-0.15, -0.1) is 41.0 Å². The molecule has 1 atom stereocenters. The van der Waals surface area contributed by atoms with Crippen LogP contribution >= 0.6 is 0 Å². The van der Waals surface area contributed by atoms with Crippen molar-refractivity contribution in [2.75, 3.05) is 0 Å². The Morgan fingerprint density at radius 3 is 2.39 bits per heavy atom. The summed E-state index contributed by atoms with van der Waals surface area (Å²) in [6.45, 7) is -0.647. The number of carbonyl (C=O) groups is 1. The van der Waals surface area contributed by atoms with Crippen molar-refractivity contribution in [2.45, 2.75) is 25.2 Å². The van der Waals surface area contributed by atoms with Crippen molar-refractivity contribution in [3.05, 3.63) is 107 Å². The largest absolute Gasteiger partial charge is 0.405 e. The van der Waals surface area contributed by atoms with Crippen LogP contribution in [0.1, 0.15) is 38.7 Å². The van der Waals surface area contributed by atoms with Crippen LogP contribution in [-0.2, 0) is 24.6 Å². The van der Waals surface area contributed by atoms with Gasteiger partial charge in [0.15, 0.2) is 11.5 Å². The number of amides is 1.